The van der Waals surface area contributed by atoms with Gasteiger partial charge in [-0.05, 0) is 19.8 Å². The van der Waals surface area contributed by atoms with Crippen LogP contribution < -0.4 is 5.32 Å². The molecular weight excluding hydrogens is 236 g/mol. The lowest BCUT2D eigenvalue weighted by atomic mass is 10.2. The number of carbonyl (C=O) groups excluding carboxylic acids is 2. The molecule has 18 heavy (non-hydrogen) atoms. The summed E-state index contributed by atoms with van der Waals surface area (Å²) in [6.07, 6.45) is 1.71. The van der Waals surface area contributed by atoms with E-state index >= 15 is 0 Å². The van der Waals surface area contributed by atoms with Gasteiger partial charge in [0.15, 0.2) is 0 Å². The molecular formula is C12H22N2O4. The second-order valence-corrected chi connectivity index (χ2v) is 4.12. The minimum Gasteiger partial charge on any atom is -0.481 e. The molecule has 6 nitrogen and oxygen atoms in total. The summed E-state index contributed by atoms with van der Waals surface area (Å²) in [6.45, 7) is 2.88. The van der Waals surface area contributed by atoms with Crippen molar-refractivity contribution in [2.45, 2.75) is 39.0 Å². The summed E-state index contributed by atoms with van der Waals surface area (Å²) < 4.78 is 0. The highest BCUT2D eigenvalue weighted by atomic mass is 16.4. The second-order valence-electron chi connectivity index (χ2n) is 4.12. The van der Waals surface area contributed by atoms with E-state index < -0.39 is 5.97 Å². The lowest BCUT2D eigenvalue weighted by molar-refractivity contribution is -0.138. The number of aliphatic carboxylic acids is 1. The maximum atomic E-state index is 11.6. The Morgan fingerprint density at radius 3 is 2.33 bits per heavy atom. The highest BCUT2D eigenvalue weighted by Gasteiger charge is 2.10. The van der Waals surface area contributed by atoms with Crippen LogP contribution in [0.2, 0.25) is 0 Å². The standard InChI is InChI=1S/C12H22N2O4/c1-3-13-10(15)6-4-7-11(16)14(2)9-5-8-12(17)18/h3-9H2,1-2H3,(H,13,15)(H,17,18). The summed E-state index contributed by atoms with van der Waals surface area (Å²) in [5.74, 6) is -0.949. The van der Waals surface area contributed by atoms with E-state index in [0.29, 0.717) is 38.8 Å². The molecule has 0 unspecified atom stereocenters. The van der Waals surface area contributed by atoms with Crippen LogP contribution in [0.4, 0.5) is 0 Å². The van der Waals surface area contributed by atoms with E-state index in [0.717, 1.165) is 0 Å². The average Bonchev–Trinajstić information content (AvgIpc) is 2.28. The first-order valence-corrected chi connectivity index (χ1v) is 6.19. The van der Waals surface area contributed by atoms with Crippen LogP contribution in [-0.2, 0) is 14.4 Å². The highest BCUT2D eigenvalue weighted by molar-refractivity contribution is 5.78. The molecule has 0 aliphatic rings. The Balaban J connectivity index is 3.67. The summed E-state index contributed by atoms with van der Waals surface area (Å²) in [5, 5.41) is 11.1. The molecule has 104 valence electrons. The summed E-state index contributed by atoms with van der Waals surface area (Å²) in [4.78, 5) is 34.6. The van der Waals surface area contributed by atoms with Crippen LogP contribution in [0.25, 0.3) is 0 Å². The fourth-order valence-corrected chi connectivity index (χ4v) is 1.47. The Labute approximate surface area is 107 Å². The molecule has 0 aliphatic carbocycles. The van der Waals surface area contributed by atoms with Gasteiger partial charge in [0.05, 0.1) is 0 Å². The molecule has 2 amide bonds. The number of carboxylic acids is 1. The van der Waals surface area contributed by atoms with Crippen molar-refractivity contribution in [2.75, 3.05) is 20.1 Å². The van der Waals surface area contributed by atoms with E-state index in [1.54, 1.807) is 7.05 Å². The van der Waals surface area contributed by atoms with Crippen LogP contribution in [0.1, 0.15) is 39.0 Å². The van der Waals surface area contributed by atoms with Crippen molar-refractivity contribution in [3.63, 3.8) is 0 Å². The summed E-state index contributed by atoms with van der Waals surface area (Å²) in [7, 11) is 1.65. The molecule has 0 aromatic rings. The van der Waals surface area contributed by atoms with Gasteiger partial charge in [-0.15, -0.1) is 0 Å². The van der Waals surface area contributed by atoms with Crippen LogP contribution in [0.3, 0.4) is 0 Å². The van der Waals surface area contributed by atoms with E-state index in [4.69, 9.17) is 5.11 Å². The Morgan fingerprint density at radius 1 is 1.11 bits per heavy atom. The van der Waals surface area contributed by atoms with Gasteiger partial charge in [-0.1, -0.05) is 0 Å². The quantitative estimate of drug-likeness (QED) is 0.634. The summed E-state index contributed by atoms with van der Waals surface area (Å²) in [6, 6.07) is 0. The predicted octanol–water partition coefficient (Wildman–Crippen LogP) is 0.616. The molecule has 0 radical (unpaired) electrons. The molecule has 2 N–H and O–H groups in total. The van der Waals surface area contributed by atoms with Gasteiger partial charge in [0.1, 0.15) is 0 Å². The van der Waals surface area contributed by atoms with Crippen molar-refractivity contribution in [2.24, 2.45) is 0 Å². The van der Waals surface area contributed by atoms with Gasteiger partial charge >= 0.3 is 5.97 Å². The predicted molar refractivity (Wildman–Crippen MR) is 67.0 cm³/mol. The number of hydrogen-bond acceptors (Lipinski definition) is 3. The van der Waals surface area contributed by atoms with Gasteiger partial charge in [0.25, 0.3) is 0 Å². The summed E-state index contributed by atoms with van der Waals surface area (Å²) in [5.41, 5.74) is 0. The Kier molecular flexibility index (Phi) is 8.61. The lowest BCUT2D eigenvalue weighted by Crippen LogP contribution is -2.28. The van der Waals surface area contributed by atoms with Gasteiger partial charge in [0, 0.05) is 39.4 Å². The van der Waals surface area contributed by atoms with Crippen LogP contribution in [0.5, 0.6) is 0 Å². The fourth-order valence-electron chi connectivity index (χ4n) is 1.47. The van der Waals surface area contributed by atoms with Crippen molar-refractivity contribution in [1.29, 1.82) is 0 Å². The SMILES string of the molecule is CCNC(=O)CCCC(=O)N(C)CCCC(=O)O. The molecule has 0 aromatic carbocycles. The zero-order chi connectivity index (χ0) is 14.0. The van der Waals surface area contributed by atoms with Gasteiger partial charge < -0.3 is 15.3 Å². The lowest BCUT2D eigenvalue weighted by Gasteiger charge is -2.16. The Morgan fingerprint density at radius 2 is 1.78 bits per heavy atom. The van der Waals surface area contributed by atoms with Gasteiger partial charge in [-0.2, -0.15) is 0 Å². The van der Waals surface area contributed by atoms with Crippen LogP contribution in [-0.4, -0.2) is 47.9 Å². The third kappa shape index (κ3) is 8.55. The minimum absolute atomic E-state index is 0.0427. The van der Waals surface area contributed by atoms with Crippen LogP contribution >= 0.6 is 0 Å². The van der Waals surface area contributed by atoms with E-state index in [-0.39, 0.29) is 18.2 Å². The molecule has 0 bridgehead atoms. The number of nitrogens with zero attached hydrogens (tertiary/aromatic N) is 1. The monoisotopic (exact) mass is 258 g/mol. The first-order chi connectivity index (χ1) is 8.47. The Hall–Kier alpha value is -1.59. The topological polar surface area (TPSA) is 86.7 Å². The molecule has 0 fully saturated rings. The van der Waals surface area contributed by atoms with Crippen molar-refractivity contribution < 1.29 is 19.5 Å². The second kappa shape index (κ2) is 9.44. The van der Waals surface area contributed by atoms with Crippen LogP contribution in [0, 0.1) is 0 Å². The van der Waals surface area contributed by atoms with Gasteiger partial charge in [-0.25, -0.2) is 0 Å². The molecule has 0 saturated heterocycles. The van der Waals surface area contributed by atoms with Gasteiger partial charge in [0.2, 0.25) is 11.8 Å². The molecule has 0 spiro atoms. The molecule has 0 saturated carbocycles. The first-order valence-electron chi connectivity index (χ1n) is 6.19. The highest BCUT2D eigenvalue weighted by Crippen LogP contribution is 2.01. The normalized spacial score (nSPS) is 9.89. The van der Waals surface area contributed by atoms with Crippen molar-refractivity contribution >= 4 is 17.8 Å². The van der Waals surface area contributed by atoms with E-state index in [1.807, 2.05) is 6.92 Å². The average molecular weight is 258 g/mol. The number of rotatable bonds is 9. The number of carboxylic acid groups (broad SMARTS) is 1. The Bertz CT molecular complexity index is 292. The molecule has 0 aliphatic heterocycles. The number of nitrogens with one attached hydrogen (secondary N) is 1. The molecule has 0 atom stereocenters. The largest absolute Gasteiger partial charge is 0.481 e. The third-order valence-electron chi connectivity index (χ3n) is 2.48. The van der Waals surface area contributed by atoms with Crippen LogP contribution in [0.15, 0.2) is 0 Å². The maximum Gasteiger partial charge on any atom is 0.303 e. The van der Waals surface area contributed by atoms with E-state index in [1.165, 1.54) is 4.90 Å². The molecule has 0 aromatic heterocycles. The number of amides is 2. The summed E-state index contributed by atoms with van der Waals surface area (Å²) >= 11 is 0. The molecule has 0 rings (SSSR count). The van der Waals surface area contributed by atoms with Crippen molar-refractivity contribution in [1.82, 2.24) is 10.2 Å². The zero-order valence-electron chi connectivity index (χ0n) is 11.1. The van der Waals surface area contributed by atoms with Crippen molar-refractivity contribution in [3.05, 3.63) is 0 Å². The van der Waals surface area contributed by atoms with Gasteiger partial charge in [-0.3, -0.25) is 14.4 Å². The third-order valence-corrected chi connectivity index (χ3v) is 2.48. The maximum absolute atomic E-state index is 11.6. The smallest absolute Gasteiger partial charge is 0.303 e. The minimum atomic E-state index is -0.855. The molecule has 0 heterocycles. The van der Waals surface area contributed by atoms with E-state index in [9.17, 15) is 14.4 Å². The van der Waals surface area contributed by atoms with E-state index in [2.05, 4.69) is 5.32 Å². The number of hydrogen-bond donors (Lipinski definition) is 2. The van der Waals surface area contributed by atoms with Crippen molar-refractivity contribution in [3.8, 4) is 0 Å². The first kappa shape index (κ1) is 16.4. The number of carbonyl (C=O) groups is 3. The zero-order valence-corrected chi connectivity index (χ0v) is 11.1. The fraction of sp³-hybridized carbons (Fsp3) is 0.750. The molecule has 6 heteroatoms.